The normalized spacial score (nSPS) is 22.4. The van der Waals surface area contributed by atoms with E-state index in [1.807, 2.05) is 4.90 Å². The van der Waals surface area contributed by atoms with Gasteiger partial charge < -0.3 is 20.9 Å². The summed E-state index contributed by atoms with van der Waals surface area (Å²) in [6.45, 7) is 9.13. The molecule has 0 radical (unpaired) electrons. The van der Waals surface area contributed by atoms with E-state index in [0.717, 1.165) is 64.7 Å². The zero-order chi connectivity index (χ0) is 26.2. The summed E-state index contributed by atoms with van der Waals surface area (Å²) < 4.78 is 0. The third-order valence-electron chi connectivity index (χ3n) is 8.04. The highest BCUT2D eigenvalue weighted by molar-refractivity contribution is 5.91. The number of halogens is 2. The number of benzene rings is 1. The van der Waals surface area contributed by atoms with Crippen LogP contribution < -0.4 is 16.0 Å². The van der Waals surface area contributed by atoms with Crippen LogP contribution in [0.3, 0.4) is 0 Å². The predicted octanol–water partition coefficient (Wildman–Crippen LogP) is 3.55. The molecule has 0 bridgehead atoms. The zero-order valence-corrected chi connectivity index (χ0v) is 25.1. The van der Waals surface area contributed by atoms with Gasteiger partial charge in [0.25, 0.3) is 0 Å². The summed E-state index contributed by atoms with van der Waals surface area (Å²) in [4.78, 5) is 43.9. The van der Waals surface area contributed by atoms with Crippen LogP contribution in [0.1, 0.15) is 63.5 Å². The maximum absolute atomic E-state index is 13.5. The molecule has 3 N–H and O–H groups in total. The molecule has 1 aromatic carbocycles. The van der Waals surface area contributed by atoms with Crippen molar-refractivity contribution in [3.8, 4) is 0 Å². The molecule has 0 aromatic heterocycles. The van der Waals surface area contributed by atoms with E-state index in [9.17, 15) is 14.4 Å². The van der Waals surface area contributed by atoms with Crippen molar-refractivity contribution in [2.45, 2.75) is 77.4 Å². The Kier molecular flexibility index (Phi) is 14.0. The summed E-state index contributed by atoms with van der Waals surface area (Å²) in [5.74, 6) is -0.0222. The van der Waals surface area contributed by atoms with E-state index in [4.69, 9.17) is 0 Å². The molecule has 2 aliphatic heterocycles. The molecule has 1 aromatic rings. The Hall–Kier alpha value is -1.87. The van der Waals surface area contributed by atoms with Crippen molar-refractivity contribution in [2.75, 3.05) is 39.3 Å². The summed E-state index contributed by atoms with van der Waals surface area (Å²) in [6, 6.07) is 7.72. The van der Waals surface area contributed by atoms with Crippen molar-refractivity contribution < 1.29 is 14.4 Å². The topological polar surface area (TPSA) is 93.8 Å². The Bertz CT molecular complexity index is 941. The molecule has 2 fully saturated rings. The fourth-order valence-corrected chi connectivity index (χ4v) is 5.99. The molecule has 3 atom stereocenters. The lowest BCUT2D eigenvalue weighted by Gasteiger charge is -2.35. The summed E-state index contributed by atoms with van der Waals surface area (Å²) in [5.41, 5.74) is 2.67. The number of nitrogens with one attached hydrogen (secondary N) is 3. The van der Waals surface area contributed by atoms with Crippen LogP contribution in [0.5, 0.6) is 0 Å². The molecule has 1 saturated carbocycles. The molecule has 3 aliphatic rings. The van der Waals surface area contributed by atoms with E-state index >= 15 is 0 Å². The number of hydrogen-bond acceptors (Lipinski definition) is 5. The van der Waals surface area contributed by atoms with Gasteiger partial charge in [-0.3, -0.25) is 14.5 Å². The number of nitrogens with zero attached hydrogens (tertiary/aromatic N) is 2. The van der Waals surface area contributed by atoms with E-state index < -0.39 is 6.04 Å². The van der Waals surface area contributed by atoms with Crippen LogP contribution in [0, 0.1) is 11.8 Å². The Labute approximate surface area is 246 Å². The number of aryl methyl sites for hydroxylation is 1. The van der Waals surface area contributed by atoms with Crippen molar-refractivity contribution in [1.29, 1.82) is 0 Å². The van der Waals surface area contributed by atoms with Crippen LogP contribution in [0.15, 0.2) is 24.3 Å². The number of fused-ring (bicyclic) bond motifs is 1. The third-order valence-corrected chi connectivity index (χ3v) is 8.04. The second-order valence-electron chi connectivity index (χ2n) is 11.4. The molecule has 10 heteroatoms. The highest BCUT2D eigenvalue weighted by Crippen LogP contribution is 2.26. The smallest absolute Gasteiger partial charge is 0.317 e. The highest BCUT2D eigenvalue weighted by Gasteiger charge is 2.35. The molecule has 0 unspecified atom stereocenters. The predicted molar refractivity (Wildman–Crippen MR) is 160 cm³/mol. The number of Topliss-reactive ketones (excluding diaryl/α,β-unsaturated/α-hetero) is 1. The summed E-state index contributed by atoms with van der Waals surface area (Å²) in [5, 5.41) is 9.55. The Morgan fingerprint density at radius 1 is 0.974 bits per heavy atom. The number of rotatable bonds is 8. The number of hydrogen-bond donors (Lipinski definition) is 3. The first-order valence-electron chi connectivity index (χ1n) is 14.3. The molecule has 39 heavy (non-hydrogen) atoms. The van der Waals surface area contributed by atoms with Crippen molar-refractivity contribution in [2.24, 2.45) is 11.8 Å². The Balaban J connectivity index is 0.00000267. The molecule has 1 saturated heterocycles. The van der Waals surface area contributed by atoms with E-state index in [1.54, 1.807) is 0 Å². The molecular weight excluding hydrogens is 537 g/mol. The number of ketones is 1. The van der Waals surface area contributed by atoms with Gasteiger partial charge in [-0.1, -0.05) is 51.0 Å². The minimum atomic E-state index is -0.502. The van der Waals surface area contributed by atoms with E-state index in [-0.39, 0.29) is 60.4 Å². The minimum absolute atomic E-state index is 0. The lowest BCUT2D eigenvalue weighted by Crippen LogP contribution is -2.56. The number of carbonyl (C=O) groups is 3. The van der Waals surface area contributed by atoms with Gasteiger partial charge in [0.15, 0.2) is 5.78 Å². The Morgan fingerprint density at radius 3 is 2.38 bits per heavy atom. The number of piperazine rings is 1. The molecule has 4 rings (SSSR count). The molecule has 220 valence electrons. The van der Waals surface area contributed by atoms with Crippen molar-refractivity contribution >= 4 is 42.5 Å². The van der Waals surface area contributed by atoms with Crippen molar-refractivity contribution in [1.82, 2.24) is 25.8 Å². The maximum atomic E-state index is 13.5. The number of amides is 3. The van der Waals surface area contributed by atoms with Crippen molar-refractivity contribution in [3.05, 3.63) is 35.4 Å². The lowest BCUT2D eigenvalue weighted by molar-refractivity contribution is -0.132. The standard InChI is InChI=1S/C29H45N5O3.2ClH/c1-21(2)18-26(27(35)20-33-15-7-10-22-8-3-4-9-23(22)19-33)31-28(36)24-11-5-6-12-25(24)32-29(37)34-16-13-30-14-17-34;;/h3-4,8-9,21,24-26,30H,5-7,10-20H2,1-2H3,(H,31,36)(H,32,37);2*1H/t24-,25+,26+;;/m1../s1. The number of urea groups is 1. The summed E-state index contributed by atoms with van der Waals surface area (Å²) >= 11 is 0. The third kappa shape index (κ3) is 9.62. The van der Waals surface area contributed by atoms with E-state index in [1.165, 1.54) is 11.1 Å². The largest absolute Gasteiger partial charge is 0.346 e. The highest BCUT2D eigenvalue weighted by atomic mass is 35.5. The second kappa shape index (κ2) is 16.4. The zero-order valence-electron chi connectivity index (χ0n) is 23.5. The van der Waals surface area contributed by atoms with Gasteiger partial charge in [-0.25, -0.2) is 4.79 Å². The monoisotopic (exact) mass is 583 g/mol. The van der Waals surface area contributed by atoms with E-state index in [2.05, 4.69) is 59.0 Å². The Morgan fingerprint density at radius 2 is 1.67 bits per heavy atom. The fourth-order valence-electron chi connectivity index (χ4n) is 5.99. The summed E-state index contributed by atoms with van der Waals surface area (Å²) in [7, 11) is 0. The van der Waals surface area contributed by atoms with Gasteiger partial charge in [0, 0.05) is 38.8 Å². The fraction of sp³-hybridized carbons (Fsp3) is 0.690. The first kappa shape index (κ1) is 33.3. The van der Waals surface area contributed by atoms with E-state index in [0.29, 0.717) is 26.1 Å². The van der Waals surface area contributed by atoms with Crippen molar-refractivity contribution in [3.63, 3.8) is 0 Å². The van der Waals surface area contributed by atoms with Crippen LogP contribution in [-0.4, -0.2) is 78.9 Å². The van der Waals surface area contributed by atoms with Gasteiger partial charge in [-0.05, 0) is 55.7 Å². The summed E-state index contributed by atoms with van der Waals surface area (Å²) in [6.07, 6.45) is 6.20. The molecule has 0 spiro atoms. The average molecular weight is 585 g/mol. The van der Waals surface area contributed by atoms with Gasteiger partial charge in [0.2, 0.25) is 5.91 Å². The van der Waals surface area contributed by atoms with Gasteiger partial charge >= 0.3 is 6.03 Å². The van der Waals surface area contributed by atoms with Gasteiger partial charge in [0.1, 0.15) is 0 Å². The molecule has 2 heterocycles. The molecule has 3 amide bonds. The lowest BCUT2D eigenvalue weighted by atomic mass is 9.83. The molecule has 1 aliphatic carbocycles. The van der Waals surface area contributed by atoms with Gasteiger partial charge in [-0.2, -0.15) is 0 Å². The van der Waals surface area contributed by atoms with Crippen LogP contribution >= 0.6 is 24.8 Å². The average Bonchev–Trinajstić information content (AvgIpc) is 3.10. The molecular formula is C29H47Cl2N5O3. The first-order chi connectivity index (χ1) is 17.9. The van der Waals surface area contributed by atoms with Crippen LogP contribution in [0.25, 0.3) is 0 Å². The molecule has 8 nitrogen and oxygen atoms in total. The van der Waals surface area contributed by atoms with Gasteiger partial charge in [-0.15, -0.1) is 24.8 Å². The minimum Gasteiger partial charge on any atom is -0.346 e. The quantitative estimate of drug-likeness (QED) is 0.435. The van der Waals surface area contributed by atoms with Gasteiger partial charge in [0.05, 0.1) is 18.5 Å². The van der Waals surface area contributed by atoms with Crippen LogP contribution in [0.4, 0.5) is 4.79 Å². The SMILES string of the molecule is CC(C)C[C@H](NC(=O)[C@@H]1CCCC[C@@H]1NC(=O)N1CCNCC1)C(=O)CN1CCCc2ccccc2C1.Cl.Cl. The number of carbonyl (C=O) groups excluding carboxylic acids is 3. The van der Waals surface area contributed by atoms with Crippen LogP contribution in [0.2, 0.25) is 0 Å². The maximum Gasteiger partial charge on any atom is 0.317 e. The van der Waals surface area contributed by atoms with Crippen LogP contribution in [-0.2, 0) is 22.6 Å². The second-order valence-corrected chi connectivity index (χ2v) is 11.4. The first-order valence-corrected chi connectivity index (χ1v) is 14.3.